The van der Waals surface area contributed by atoms with Gasteiger partial charge in [-0.25, -0.2) is 4.98 Å². The summed E-state index contributed by atoms with van der Waals surface area (Å²) in [7, 11) is 0. The predicted molar refractivity (Wildman–Crippen MR) is 55.1 cm³/mol. The van der Waals surface area contributed by atoms with Crippen molar-refractivity contribution < 1.29 is 0 Å². The second kappa shape index (κ2) is 4.82. The van der Waals surface area contributed by atoms with Crippen molar-refractivity contribution in [1.82, 2.24) is 4.98 Å². The van der Waals surface area contributed by atoms with E-state index in [-0.39, 0.29) is 6.04 Å². The number of nitrogens with zero attached hydrogens (tertiary/aromatic N) is 1. The van der Waals surface area contributed by atoms with Gasteiger partial charge in [-0.2, -0.15) is 0 Å². The van der Waals surface area contributed by atoms with Crippen LogP contribution < -0.4 is 11.5 Å². The predicted octanol–water partition coefficient (Wildman–Crippen LogP) is 1.85. The van der Waals surface area contributed by atoms with E-state index in [1.807, 2.05) is 12.1 Å². The zero-order valence-corrected chi connectivity index (χ0v) is 8.03. The summed E-state index contributed by atoms with van der Waals surface area (Å²) in [6.07, 6.45) is 4.96. The normalized spacial score (nSPS) is 12.8. The van der Waals surface area contributed by atoms with Crippen LogP contribution in [0.3, 0.4) is 0 Å². The lowest BCUT2D eigenvalue weighted by atomic mass is 10.0. The van der Waals surface area contributed by atoms with Crippen LogP contribution in [0, 0.1) is 0 Å². The van der Waals surface area contributed by atoms with Gasteiger partial charge >= 0.3 is 0 Å². The molecular formula is C10H17N3. The molecule has 0 aliphatic carbocycles. The number of rotatable bonds is 4. The Bertz CT molecular complexity index is 260. The smallest absolute Gasteiger partial charge is 0.128 e. The number of hydrogen-bond acceptors (Lipinski definition) is 3. The van der Waals surface area contributed by atoms with E-state index < -0.39 is 0 Å². The minimum absolute atomic E-state index is 0.0358. The van der Waals surface area contributed by atoms with Crippen molar-refractivity contribution in [3.8, 4) is 0 Å². The lowest BCUT2D eigenvalue weighted by Crippen LogP contribution is -2.12. The largest absolute Gasteiger partial charge is 0.383 e. The van der Waals surface area contributed by atoms with Gasteiger partial charge in [0.05, 0.1) is 0 Å². The lowest BCUT2D eigenvalue weighted by molar-refractivity contribution is 0.603. The average Bonchev–Trinajstić information content (AvgIpc) is 2.15. The number of aromatic nitrogens is 1. The quantitative estimate of drug-likeness (QED) is 0.741. The van der Waals surface area contributed by atoms with Gasteiger partial charge < -0.3 is 11.5 Å². The molecule has 3 nitrogen and oxygen atoms in total. The number of unbranched alkanes of at least 4 members (excludes halogenated alkanes) is 1. The topological polar surface area (TPSA) is 64.9 Å². The molecule has 0 aliphatic rings. The molecule has 0 spiro atoms. The Hall–Kier alpha value is -1.09. The van der Waals surface area contributed by atoms with Crippen LogP contribution in [0.25, 0.3) is 0 Å². The van der Waals surface area contributed by atoms with Gasteiger partial charge in [-0.3, -0.25) is 0 Å². The highest BCUT2D eigenvalue weighted by Gasteiger charge is 2.08. The fourth-order valence-electron chi connectivity index (χ4n) is 1.32. The Morgan fingerprint density at radius 3 is 2.92 bits per heavy atom. The van der Waals surface area contributed by atoms with Gasteiger partial charge in [0.1, 0.15) is 5.82 Å². The van der Waals surface area contributed by atoms with Crippen LogP contribution in [0.15, 0.2) is 18.3 Å². The molecule has 0 fully saturated rings. The molecule has 13 heavy (non-hydrogen) atoms. The minimum atomic E-state index is 0.0358. The summed E-state index contributed by atoms with van der Waals surface area (Å²) in [6, 6.07) is 3.86. The molecular weight excluding hydrogens is 162 g/mol. The average molecular weight is 179 g/mol. The molecule has 0 radical (unpaired) electrons. The highest BCUT2D eigenvalue weighted by atomic mass is 14.8. The van der Waals surface area contributed by atoms with Crippen LogP contribution in [0.2, 0.25) is 0 Å². The van der Waals surface area contributed by atoms with Crippen molar-refractivity contribution in [2.24, 2.45) is 5.73 Å². The van der Waals surface area contributed by atoms with Gasteiger partial charge in [0.15, 0.2) is 0 Å². The maximum atomic E-state index is 5.96. The van der Waals surface area contributed by atoms with Crippen LogP contribution in [0.5, 0.6) is 0 Å². The first-order valence-corrected chi connectivity index (χ1v) is 4.71. The number of nitrogen functional groups attached to an aromatic ring is 1. The molecule has 0 bridgehead atoms. The number of hydrogen-bond donors (Lipinski definition) is 2. The van der Waals surface area contributed by atoms with Crippen LogP contribution in [0.1, 0.15) is 37.8 Å². The summed E-state index contributed by atoms with van der Waals surface area (Å²) in [6.45, 7) is 2.15. The Morgan fingerprint density at radius 1 is 1.54 bits per heavy atom. The molecule has 1 aromatic rings. The molecule has 3 heteroatoms. The number of anilines is 1. The fraction of sp³-hybridized carbons (Fsp3) is 0.500. The van der Waals surface area contributed by atoms with Crippen LogP contribution in [-0.4, -0.2) is 4.98 Å². The summed E-state index contributed by atoms with van der Waals surface area (Å²) in [4.78, 5) is 4.01. The Kier molecular flexibility index (Phi) is 3.71. The molecule has 1 heterocycles. The molecule has 0 saturated carbocycles. The van der Waals surface area contributed by atoms with E-state index in [0.717, 1.165) is 24.8 Å². The van der Waals surface area contributed by atoms with Gasteiger partial charge in [0.2, 0.25) is 0 Å². The van der Waals surface area contributed by atoms with Gasteiger partial charge in [0, 0.05) is 17.8 Å². The number of nitrogens with two attached hydrogens (primary N) is 2. The van der Waals surface area contributed by atoms with E-state index in [1.165, 1.54) is 0 Å². The molecule has 1 rings (SSSR count). The highest BCUT2D eigenvalue weighted by molar-refractivity contribution is 5.40. The van der Waals surface area contributed by atoms with Crippen LogP contribution in [-0.2, 0) is 0 Å². The van der Waals surface area contributed by atoms with Crippen molar-refractivity contribution in [3.05, 3.63) is 23.9 Å². The third-order valence-electron chi connectivity index (χ3n) is 2.14. The van der Waals surface area contributed by atoms with E-state index >= 15 is 0 Å². The first kappa shape index (κ1) is 9.99. The van der Waals surface area contributed by atoms with Crippen molar-refractivity contribution in [3.63, 3.8) is 0 Å². The Balaban J connectivity index is 2.65. The van der Waals surface area contributed by atoms with E-state index in [4.69, 9.17) is 11.5 Å². The Morgan fingerprint density at radius 2 is 2.31 bits per heavy atom. The molecule has 0 amide bonds. The van der Waals surface area contributed by atoms with Gasteiger partial charge in [-0.1, -0.05) is 25.8 Å². The second-order valence-electron chi connectivity index (χ2n) is 3.23. The first-order chi connectivity index (χ1) is 6.25. The number of pyridine rings is 1. The maximum absolute atomic E-state index is 5.96. The third-order valence-corrected chi connectivity index (χ3v) is 2.14. The first-order valence-electron chi connectivity index (χ1n) is 4.71. The van der Waals surface area contributed by atoms with E-state index in [0.29, 0.717) is 5.82 Å². The molecule has 0 saturated heterocycles. The summed E-state index contributed by atoms with van der Waals surface area (Å²) in [5, 5.41) is 0. The van der Waals surface area contributed by atoms with E-state index in [2.05, 4.69) is 11.9 Å². The molecule has 72 valence electrons. The third kappa shape index (κ3) is 2.70. The summed E-state index contributed by atoms with van der Waals surface area (Å²) < 4.78 is 0. The zero-order chi connectivity index (χ0) is 9.68. The molecule has 1 atom stereocenters. The van der Waals surface area contributed by atoms with Gasteiger partial charge in [0.25, 0.3) is 0 Å². The van der Waals surface area contributed by atoms with E-state index in [9.17, 15) is 0 Å². The molecule has 0 aromatic carbocycles. The SMILES string of the molecule is CCCC[C@@H](N)c1cccnc1N. The van der Waals surface area contributed by atoms with Crippen LogP contribution >= 0.6 is 0 Å². The van der Waals surface area contributed by atoms with Crippen molar-refractivity contribution >= 4 is 5.82 Å². The molecule has 4 N–H and O–H groups in total. The zero-order valence-electron chi connectivity index (χ0n) is 8.03. The monoisotopic (exact) mass is 179 g/mol. The minimum Gasteiger partial charge on any atom is -0.383 e. The van der Waals surface area contributed by atoms with Crippen molar-refractivity contribution in [2.45, 2.75) is 32.2 Å². The van der Waals surface area contributed by atoms with Gasteiger partial charge in [-0.15, -0.1) is 0 Å². The highest BCUT2D eigenvalue weighted by Crippen LogP contribution is 2.20. The molecule has 1 aromatic heterocycles. The van der Waals surface area contributed by atoms with Crippen molar-refractivity contribution in [1.29, 1.82) is 0 Å². The van der Waals surface area contributed by atoms with Gasteiger partial charge in [-0.05, 0) is 12.5 Å². The summed E-state index contributed by atoms with van der Waals surface area (Å²) >= 11 is 0. The second-order valence-corrected chi connectivity index (χ2v) is 3.23. The fourth-order valence-corrected chi connectivity index (χ4v) is 1.32. The van der Waals surface area contributed by atoms with Crippen LogP contribution in [0.4, 0.5) is 5.82 Å². The molecule has 0 unspecified atom stereocenters. The summed E-state index contributed by atoms with van der Waals surface area (Å²) in [5.74, 6) is 0.561. The Labute approximate surface area is 79.2 Å². The lowest BCUT2D eigenvalue weighted by Gasteiger charge is -2.12. The van der Waals surface area contributed by atoms with Crippen molar-refractivity contribution in [2.75, 3.05) is 5.73 Å². The standard InChI is InChI=1S/C10H17N3/c1-2-3-6-9(11)8-5-4-7-13-10(8)12/h4-5,7,9H,2-3,6,11H2,1H3,(H2,12,13)/t9-/m1/s1. The maximum Gasteiger partial charge on any atom is 0.128 e. The van der Waals surface area contributed by atoms with E-state index in [1.54, 1.807) is 6.20 Å². The summed E-state index contributed by atoms with van der Waals surface area (Å²) in [5.41, 5.74) is 12.6. The molecule has 0 aliphatic heterocycles.